The Morgan fingerprint density at radius 1 is 1.08 bits per heavy atom. The second-order valence-corrected chi connectivity index (χ2v) is 5.85. The number of carbonyl (C=O) groups is 1. The van der Waals surface area contributed by atoms with E-state index in [-0.39, 0.29) is 0 Å². The molecule has 1 aliphatic heterocycles. The summed E-state index contributed by atoms with van der Waals surface area (Å²) in [5.41, 5.74) is 0.383. The van der Waals surface area contributed by atoms with Gasteiger partial charge in [0.05, 0.1) is 33.5 Å². The third-order valence-electron chi connectivity index (χ3n) is 4.18. The maximum absolute atomic E-state index is 12.3. The van der Waals surface area contributed by atoms with Crippen LogP contribution in [0.25, 0.3) is 0 Å². The van der Waals surface area contributed by atoms with Crippen LogP contribution in [0.1, 0.15) is 23.2 Å². The fourth-order valence-electron chi connectivity index (χ4n) is 2.86. The molecule has 0 aromatic heterocycles. The highest BCUT2D eigenvalue weighted by molar-refractivity contribution is 5.91. The van der Waals surface area contributed by atoms with E-state index in [1.807, 2.05) is 0 Å². The van der Waals surface area contributed by atoms with Crippen LogP contribution in [0.2, 0.25) is 0 Å². The maximum atomic E-state index is 12.3. The summed E-state index contributed by atoms with van der Waals surface area (Å²) in [6, 6.07) is 3.20. The van der Waals surface area contributed by atoms with E-state index in [1.165, 1.54) is 21.3 Å². The Kier molecular flexibility index (Phi) is 7.81. The van der Waals surface area contributed by atoms with Crippen molar-refractivity contribution in [3.8, 4) is 17.2 Å². The van der Waals surface area contributed by atoms with Gasteiger partial charge in [0.15, 0.2) is 11.5 Å². The Morgan fingerprint density at radius 2 is 1.80 bits per heavy atom. The van der Waals surface area contributed by atoms with E-state index in [1.54, 1.807) is 12.1 Å². The maximum Gasteiger partial charge on any atom is 0.338 e. The van der Waals surface area contributed by atoms with E-state index in [2.05, 4.69) is 10.2 Å². The van der Waals surface area contributed by atoms with Crippen LogP contribution in [-0.4, -0.2) is 71.5 Å². The molecule has 1 N–H and O–H groups in total. The van der Waals surface area contributed by atoms with Crippen molar-refractivity contribution in [3.63, 3.8) is 0 Å². The minimum atomic E-state index is -0.392. The number of nitrogens with zero attached hydrogens (tertiary/aromatic N) is 1. The molecule has 1 fully saturated rings. The zero-order chi connectivity index (χ0) is 18.1. The van der Waals surface area contributed by atoms with Gasteiger partial charge in [-0.3, -0.25) is 0 Å². The fraction of sp³-hybridized carbons (Fsp3) is 0.611. The molecule has 140 valence electrons. The number of benzene rings is 1. The molecule has 0 aliphatic carbocycles. The van der Waals surface area contributed by atoms with Gasteiger partial charge in [0, 0.05) is 19.6 Å². The van der Waals surface area contributed by atoms with Crippen molar-refractivity contribution in [1.82, 2.24) is 10.2 Å². The summed E-state index contributed by atoms with van der Waals surface area (Å²) in [5.74, 6) is 0.935. The van der Waals surface area contributed by atoms with Gasteiger partial charge in [-0.2, -0.15) is 0 Å². The Morgan fingerprint density at radius 3 is 2.44 bits per heavy atom. The monoisotopic (exact) mass is 352 g/mol. The molecule has 0 unspecified atom stereocenters. The molecule has 2 rings (SSSR count). The first kappa shape index (κ1) is 19.3. The lowest BCUT2D eigenvalue weighted by atomic mass is 10.2. The molecule has 0 bridgehead atoms. The molecular formula is C18H28N2O5. The van der Waals surface area contributed by atoms with Gasteiger partial charge in [-0.25, -0.2) is 4.79 Å². The number of rotatable bonds is 8. The van der Waals surface area contributed by atoms with Gasteiger partial charge in [-0.15, -0.1) is 0 Å². The fourth-order valence-corrected chi connectivity index (χ4v) is 2.86. The van der Waals surface area contributed by atoms with Crippen molar-refractivity contribution >= 4 is 5.97 Å². The summed E-state index contributed by atoms with van der Waals surface area (Å²) in [7, 11) is 4.56. The molecule has 1 heterocycles. The quantitative estimate of drug-likeness (QED) is 0.562. The van der Waals surface area contributed by atoms with E-state index in [4.69, 9.17) is 18.9 Å². The molecule has 0 saturated carbocycles. The third kappa shape index (κ3) is 5.51. The first-order valence-corrected chi connectivity index (χ1v) is 8.59. The highest BCUT2D eigenvalue weighted by Gasteiger charge is 2.18. The largest absolute Gasteiger partial charge is 0.493 e. The van der Waals surface area contributed by atoms with Gasteiger partial charge in [-0.1, -0.05) is 0 Å². The Balaban J connectivity index is 1.87. The molecule has 7 heteroatoms. The summed E-state index contributed by atoms with van der Waals surface area (Å²) >= 11 is 0. The summed E-state index contributed by atoms with van der Waals surface area (Å²) in [4.78, 5) is 14.7. The molecule has 25 heavy (non-hydrogen) atoms. The molecule has 1 aromatic carbocycles. The van der Waals surface area contributed by atoms with E-state index in [0.29, 0.717) is 29.4 Å². The lowest BCUT2D eigenvalue weighted by molar-refractivity contribution is 0.0488. The zero-order valence-electron chi connectivity index (χ0n) is 15.3. The van der Waals surface area contributed by atoms with Gasteiger partial charge >= 0.3 is 5.97 Å². The van der Waals surface area contributed by atoms with Crippen molar-refractivity contribution < 1.29 is 23.7 Å². The van der Waals surface area contributed by atoms with E-state index < -0.39 is 5.97 Å². The standard InChI is InChI=1S/C18H28N2O5/c1-22-15-12-14(13-16(23-2)17(15)24-3)18(21)25-11-5-9-20-8-4-6-19-7-10-20/h12-13,19H,4-11H2,1-3H3. The summed E-state index contributed by atoms with van der Waals surface area (Å²) in [6.07, 6.45) is 1.97. The Bertz CT molecular complexity index is 531. The average Bonchev–Trinajstić information content (AvgIpc) is 2.92. The second-order valence-electron chi connectivity index (χ2n) is 5.85. The number of carbonyl (C=O) groups excluding carboxylic acids is 1. The van der Waals surface area contributed by atoms with Crippen LogP contribution in [0.4, 0.5) is 0 Å². The smallest absolute Gasteiger partial charge is 0.338 e. The van der Waals surface area contributed by atoms with Crippen LogP contribution >= 0.6 is 0 Å². The van der Waals surface area contributed by atoms with Gasteiger partial charge in [0.1, 0.15) is 0 Å². The van der Waals surface area contributed by atoms with Gasteiger partial charge < -0.3 is 29.2 Å². The van der Waals surface area contributed by atoms with Crippen molar-refractivity contribution in [1.29, 1.82) is 0 Å². The predicted molar refractivity (Wildman–Crippen MR) is 94.9 cm³/mol. The van der Waals surface area contributed by atoms with E-state index >= 15 is 0 Å². The number of ether oxygens (including phenoxy) is 4. The van der Waals surface area contributed by atoms with Gasteiger partial charge in [0.25, 0.3) is 0 Å². The minimum Gasteiger partial charge on any atom is -0.493 e. The highest BCUT2D eigenvalue weighted by Crippen LogP contribution is 2.38. The van der Waals surface area contributed by atoms with E-state index in [0.717, 1.165) is 45.6 Å². The van der Waals surface area contributed by atoms with Crippen molar-refractivity contribution in [3.05, 3.63) is 17.7 Å². The molecule has 1 saturated heterocycles. The van der Waals surface area contributed by atoms with Crippen LogP contribution in [0, 0.1) is 0 Å². The highest BCUT2D eigenvalue weighted by atomic mass is 16.5. The van der Waals surface area contributed by atoms with Crippen LogP contribution in [0.15, 0.2) is 12.1 Å². The Labute approximate surface area is 149 Å². The molecule has 0 spiro atoms. The molecule has 1 aromatic rings. The molecule has 0 radical (unpaired) electrons. The number of esters is 1. The minimum absolute atomic E-state index is 0.383. The summed E-state index contributed by atoms with van der Waals surface area (Å²) in [6.45, 7) is 5.55. The lowest BCUT2D eigenvalue weighted by Crippen LogP contribution is -2.29. The zero-order valence-corrected chi connectivity index (χ0v) is 15.3. The Hall–Kier alpha value is -1.99. The number of methoxy groups -OCH3 is 3. The van der Waals surface area contributed by atoms with Crippen LogP contribution in [-0.2, 0) is 4.74 Å². The SMILES string of the molecule is COc1cc(C(=O)OCCCN2CCCNCC2)cc(OC)c1OC. The van der Waals surface area contributed by atoms with Crippen LogP contribution in [0.5, 0.6) is 17.2 Å². The van der Waals surface area contributed by atoms with Crippen LogP contribution < -0.4 is 19.5 Å². The van der Waals surface area contributed by atoms with Crippen molar-refractivity contribution in [2.75, 3.05) is 60.7 Å². The molecule has 0 amide bonds. The normalized spacial score (nSPS) is 15.3. The van der Waals surface area contributed by atoms with Gasteiger partial charge in [-0.05, 0) is 38.1 Å². The number of hydrogen-bond donors (Lipinski definition) is 1. The summed E-state index contributed by atoms with van der Waals surface area (Å²) < 4.78 is 21.2. The van der Waals surface area contributed by atoms with Gasteiger partial charge in [0.2, 0.25) is 5.75 Å². The molecule has 1 aliphatic rings. The first-order chi connectivity index (χ1) is 12.2. The number of hydrogen-bond acceptors (Lipinski definition) is 7. The first-order valence-electron chi connectivity index (χ1n) is 8.59. The van der Waals surface area contributed by atoms with Crippen LogP contribution in [0.3, 0.4) is 0 Å². The van der Waals surface area contributed by atoms with Crippen molar-refractivity contribution in [2.45, 2.75) is 12.8 Å². The molecule has 0 atom stereocenters. The van der Waals surface area contributed by atoms with Crippen molar-refractivity contribution in [2.24, 2.45) is 0 Å². The molecule has 7 nitrogen and oxygen atoms in total. The topological polar surface area (TPSA) is 69.3 Å². The second kappa shape index (κ2) is 10.1. The number of nitrogens with one attached hydrogen (secondary N) is 1. The average molecular weight is 352 g/mol. The summed E-state index contributed by atoms with van der Waals surface area (Å²) in [5, 5.41) is 3.38. The van der Waals surface area contributed by atoms with E-state index in [9.17, 15) is 4.79 Å². The predicted octanol–water partition coefficient (Wildman–Crippen LogP) is 1.55. The third-order valence-corrected chi connectivity index (χ3v) is 4.18. The lowest BCUT2D eigenvalue weighted by Gasteiger charge is -2.19. The molecular weight excluding hydrogens is 324 g/mol.